The number of amides is 1. The van der Waals surface area contributed by atoms with Crippen LogP contribution >= 0.6 is 23.2 Å². The number of pyridine rings is 2. The molecule has 2 rings (SSSR count). The van der Waals surface area contributed by atoms with Crippen molar-refractivity contribution < 1.29 is 9.90 Å². The average Bonchev–Trinajstić information content (AvgIpc) is 2.52. The monoisotopic (exact) mass is 339 g/mol. The smallest absolute Gasteiger partial charge is 0.251 e. The van der Waals surface area contributed by atoms with Crippen LogP contribution < -0.4 is 5.32 Å². The molecule has 0 saturated heterocycles. The van der Waals surface area contributed by atoms with E-state index >= 15 is 0 Å². The fourth-order valence-corrected chi connectivity index (χ4v) is 2.33. The predicted molar refractivity (Wildman–Crippen MR) is 85.1 cm³/mol. The van der Waals surface area contributed by atoms with E-state index in [9.17, 15) is 9.90 Å². The van der Waals surface area contributed by atoms with Gasteiger partial charge in [0.1, 0.15) is 5.15 Å². The van der Waals surface area contributed by atoms with Gasteiger partial charge in [0.15, 0.2) is 0 Å². The van der Waals surface area contributed by atoms with Crippen molar-refractivity contribution in [1.29, 1.82) is 0 Å². The minimum absolute atomic E-state index is 0.0595. The van der Waals surface area contributed by atoms with Crippen molar-refractivity contribution in [3.05, 3.63) is 58.1 Å². The van der Waals surface area contributed by atoms with Gasteiger partial charge in [0.05, 0.1) is 5.02 Å². The number of carbonyl (C=O) groups is 1. The summed E-state index contributed by atoms with van der Waals surface area (Å²) in [5.74, 6) is -0.398. The third kappa shape index (κ3) is 4.66. The van der Waals surface area contributed by atoms with E-state index in [-0.39, 0.29) is 23.6 Å². The van der Waals surface area contributed by atoms with Crippen molar-refractivity contribution in [2.24, 2.45) is 5.92 Å². The Morgan fingerprint density at radius 2 is 2.14 bits per heavy atom. The molecule has 2 N–H and O–H groups in total. The molecule has 2 aromatic rings. The van der Waals surface area contributed by atoms with Gasteiger partial charge in [-0.3, -0.25) is 9.78 Å². The third-order valence-corrected chi connectivity index (χ3v) is 3.71. The molecular formula is C15H15Cl2N3O2. The van der Waals surface area contributed by atoms with Crippen molar-refractivity contribution in [2.75, 3.05) is 13.2 Å². The topological polar surface area (TPSA) is 75.1 Å². The number of nitrogens with one attached hydrogen (secondary N) is 1. The lowest BCUT2D eigenvalue weighted by Gasteiger charge is -2.16. The predicted octanol–water partition coefficient (Wildman–Crippen LogP) is 2.36. The van der Waals surface area contributed by atoms with Gasteiger partial charge in [-0.05, 0) is 30.2 Å². The minimum atomic E-state index is -0.261. The maximum absolute atomic E-state index is 12.0. The van der Waals surface area contributed by atoms with E-state index in [2.05, 4.69) is 15.3 Å². The summed E-state index contributed by atoms with van der Waals surface area (Å²) < 4.78 is 0. The molecule has 1 unspecified atom stereocenters. The molecule has 0 bridgehead atoms. The van der Waals surface area contributed by atoms with Crippen molar-refractivity contribution in [2.45, 2.75) is 6.42 Å². The zero-order valence-electron chi connectivity index (χ0n) is 11.7. The van der Waals surface area contributed by atoms with Crippen molar-refractivity contribution in [1.82, 2.24) is 15.3 Å². The first-order chi connectivity index (χ1) is 10.6. The number of hydrogen-bond acceptors (Lipinski definition) is 4. The van der Waals surface area contributed by atoms with Crippen LogP contribution in [0, 0.1) is 5.92 Å². The number of rotatable bonds is 6. The zero-order valence-corrected chi connectivity index (χ0v) is 13.2. The molecule has 0 aromatic carbocycles. The number of nitrogens with zero attached hydrogens (tertiary/aromatic N) is 2. The summed E-state index contributed by atoms with van der Waals surface area (Å²) >= 11 is 11.8. The van der Waals surface area contributed by atoms with Gasteiger partial charge in [-0.1, -0.05) is 23.2 Å². The highest BCUT2D eigenvalue weighted by Gasteiger charge is 2.13. The molecule has 0 aliphatic heterocycles. The largest absolute Gasteiger partial charge is 0.396 e. The molecule has 0 spiro atoms. The summed E-state index contributed by atoms with van der Waals surface area (Å²) in [6.45, 7) is 0.268. The Hall–Kier alpha value is -1.69. The fourth-order valence-electron chi connectivity index (χ4n) is 1.96. The number of carbonyl (C=O) groups excluding carboxylic acids is 1. The van der Waals surface area contributed by atoms with Crippen LogP contribution in [0.2, 0.25) is 10.2 Å². The molecule has 1 atom stereocenters. The van der Waals surface area contributed by atoms with Gasteiger partial charge >= 0.3 is 0 Å². The first kappa shape index (κ1) is 16.7. The van der Waals surface area contributed by atoms with Crippen LogP contribution in [0.15, 0.2) is 36.8 Å². The maximum atomic E-state index is 12.0. The van der Waals surface area contributed by atoms with Gasteiger partial charge in [-0.2, -0.15) is 0 Å². The molecule has 0 aliphatic rings. The average molecular weight is 340 g/mol. The van der Waals surface area contributed by atoms with Gasteiger partial charge in [0.25, 0.3) is 5.91 Å². The van der Waals surface area contributed by atoms with E-state index in [1.54, 1.807) is 24.5 Å². The van der Waals surface area contributed by atoms with Gasteiger partial charge in [0.2, 0.25) is 0 Å². The highest BCUT2D eigenvalue weighted by molar-refractivity contribution is 6.31. The molecule has 5 nitrogen and oxygen atoms in total. The van der Waals surface area contributed by atoms with Crippen LogP contribution in [0.4, 0.5) is 0 Å². The van der Waals surface area contributed by atoms with E-state index in [4.69, 9.17) is 23.2 Å². The Kier molecular flexibility index (Phi) is 6.12. The molecule has 0 saturated carbocycles. The van der Waals surface area contributed by atoms with Crippen LogP contribution in [0.3, 0.4) is 0 Å². The summed E-state index contributed by atoms with van der Waals surface area (Å²) in [7, 11) is 0. The van der Waals surface area contributed by atoms with E-state index in [1.165, 1.54) is 12.3 Å². The van der Waals surface area contributed by atoms with Crippen molar-refractivity contribution in [3.63, 3.8) is 0 Å². The SMILES string of the molecule is O=C(NCC(CO)Cc1ccncc1Cl)c1ccnc(Cl)c1. The number of hydrogen-bond donors (Lipinski definition) is 2. The maximum Gasteiger partial charge on any atom is 0.251 e. The quantitative estimate of drug-likeness (QED) is 0.792. The lowest BCUT2D eigenvalue weighted by atomic mass is 10.0. The van der Waals surface area contributed by atoms with E-state index in [0.29, 0.717) is 23.6 Å². The second kappa shape index (κ2) is 8.08. The molecule has 2 heterocycles. The van der Waals surface area contributed by atoms with Crippen LogP contribution in [0.25, 0.3) is 0 Å². The second-order valence-electron chi connectivity index (χ2n) is 4.80. The summed E-state index contributed by atoms with van der Waals surface area (Å²) in [6.07, 6.45) is 5.23. The Morgan fingerprint density at radius 3 is 2.82 bits per heavy atom. The van der Waals surface area contributed by atoms with Crippen LogP contribution in [0.5, 0.6) is 0 Å². The standard InChI is InChI=1S/C15H15Cl2N3O2/c16-13-8-18-3-1-11(13)5-10(9-21)7-20-15(22)12-2-4-19-14(17)6-12/h1-4,6,8,10,21H,5,7,9H2,(H,20,22). The number of aliphatic hydroxyl groups excluding tert-OH is 1. The summed E-state index contributed by atoms with van der Waals surface area (Å²) in [5.41, 5.74) is 1.32. The van der Waals surface area contributed by atoms with E-state index in [1.807, 2.05) is 0 Å². The zero-order chi connectivity index (χ0) is 15.9. The lowest BCUT2D eigenvalue weighted by molar-refractivity contribution is 0.0940. The highest BCUT2D eigenvalue weighted by Crippen LogP contribution is 2.17. The van der Waals surface area contributed by atoms with Gasteiger partial charge in [-0.15, -0.1) is 0 Å². The summed E-state index contributed by atoms with van der Waals surface area (Å²) in [5, 5.41) is 13.0. The molecule has 0 radical (unpaired) electrons. The molecule has 0 fully saturated rings. The van der Waals surface area contributed by atoms with Gasteiger partial charge in [0, 0.05) is 43.2 Å². The minimum Gasteiger partial charge on any atom is -0.396 e. The number of aromatic nitrogens is 2. The Labute approximate surface area is 138 Å². The van der Waals surface area contributed by atoms with E-state index in [0.717, 1.165) is 5.56 Å². The van der Waals surface area contributed by atoms with Crippen LogP contribution in [-0.4, -0.2) is 34.1 Å². The molecule has 1 amide bonds. The Bertz CT molecular complexity index is 652. The molecule has 22 heavy (non-hydrogen) atoms. The fraction of sp³-hybridized carbons (Fsp3) is 0.267. The van der Waals surface area contributed by atoms with Crippen molar-refractivity contribution >= 4 is 29.1 Å². The van der Waals surface area contributed by atoms with Crippen molar-refractivity contribution in [3.8, 4) is 0 Å². The molecule has 116 valence electrons. The van der Waals surface area contributed by atoms with Gasteiger partial charge in [-0.25, -0.2) is 4.98 Å². The first-order valence-corrected chi connectivity index (χ1v) is 7.44. The molecule has 0 aliphatic carbocycles. The van der Waals surface area contributed by atoms with Gasteiger partial charge < -0.3 is 10.4 Å². The number of aliphatic hydroxyl groups is 1. The molecule has 2 aromatic heterocycles. The Morgan fingerprint density at radius 1 is 1.32 bits per heavy atom. The first-order valence-electron chi connectivity index (χ1n) is 6.69. The summed E-state index contributed by atoms with van der Waals surface area (Å²) in [4.78, 5) is 19.8. The third-order valence-electron chi connectivity index (χ3n) is 3.16. The van der Waals surface area contributed by atoms with E-state index < -0.39 is 0 Å². The normalized spacial score (nSPS) is 12.0. The highest BCUT2D eigenvalue weighted by atomic mass is 35.5. The number of halogens is 2. The van der Waals surface area contributed by atoms with Crippen LogP contribution in [0.1, 0.15) is 15.9 Å². The molecular weight excluding hydrogens is 325 g/mol. The molecule has 7 heteroatoms. The second-order valence-corrected chi connectivity index (χ2v) is 5.59. The Balaban J connectivity index is 1.94. The summed E-state index contributed by atoms with van der Waals surface area (Å²) in [6, 6.07) is 4.87. The van der Waals surface area contributed by atoms with Crippen LogP contribution in [-0.2, 0) is 6.42 Å². The lowest BCUT2D eigenvalue weighted by Crippen LogP contribution is -2.31.